The highest BCUT2D eigenvalue weighted by molar-refractivity contribution is 5.04. The molecule has 2 unspecified atom stereocenters. The van der Waals surface area contributed by atoms with Crippen LogP contribution in [0.25, 0.3) is 0 Å². The third-order valence-electron chi connectivity index (χ3n) is 8.86. The van der Waals surface area contributed by atoms with Crippen molar-refractivity contribution in [1.82, 2.24) is 9.80 Å². The second-order valence-electron chi connectivity index (χ2n) is 11.5. The van der Waals surface area contributed by atoms with Gasteiger partial charge in [0.25, 0.3) is 0 Å². The van der Waals surface area contributed by atoms with E-state index in [1.165, 1.54) is 12.8 Å². The quantitative estimate of drug-likeness (QED) is 0.742. The molecule has 0 aliphatic carbocycles. The first kappa shape index (κ1) is 22.0. The van der Waals surface area contributed by atoms with Crippen LogP contribution < -0.4 is 11.5 Å². The largest absolute Gasteiger partial charge is 0.379 e. The van der Waals surface area contributed by atoms with Crippen LogP contribution in [0, 0.1) is 10.8 Å². The van der Waals surface area contributed by atoms with E-state index in [0.29, 0.717) is 6.04 Å². The molecule has 4 N–H and O–H groups in total. The van der Waals surface area contributed by atoms with Crippen LogP contribution in [0.15, 0.2) is 0 Å². The van der Waals surface area contributed by atoms with E-state index in [4.69, 9.17) is 20.9 Å². The van der Waals surface area contributed by atoms with E-state index < -0.39 is 0 Å². The van der Waals surface area contributed by atoms with Gasteiger partial charge in [0.05, 0.1) is 25.9 Å². The van der Waals surface area contributed by atoms with E-state index >= 15 is 0 Å². The fraction of sp³-hybridized carbons (Fsp3) is 1.00. The summed E-state index contributed by atoms with van der Waals surface area (Å²) >= 11 is 0. The molecule has 0 aromatic heterocycles. The Morgan fingerprint density at radius 3 is 2.14 bits per heavy atom. The van der Waals surface area contributed by atoms with Crippen molar-refractivity contribution in [3.63, 3.8) is 0 Å². The fourth-order valence-corrected chi connectivity index (χ4v) is 6.27. The molecule has 168 valence electrons. The van der Waals surface area contributed by atoms with Gasteiger partial charge >= 0.3 is 0 Å². The molecule has 0 amide bonds. The Morgan fingerprint density at radius 2 is 1.59 bits per heavy atom. The predicted molar refractivity (Wildman–Crippen MR) is 117 cm³/mol. The third kappa shape index (κ3) is 4.13. The molecular formula is C23H44N4O2. The smallest absolute Gasteiger partial charge is 0.0747 e. The number of hydrogen-bond donors (Lipinski definition) is 2. The summed E-state index contributed by atoms with van der Waals surface area (Å²) in [5.41, 5.74) is 13.8. The lowest BCUT2D eigenvalue weighted by Gasteiger charge is -2.46. The van der Waals surface area contributed by atoms with Crippen molar-refractivity contribution in [2.75, 3.05) is 46.0 Å². The van der Waals surface area contributed by atoms with Gasteiger partial charge in [-0.25, -0.2) is 0 Å². The molecule has 2 spiro atoms. The highest BCUT2D eigenvalue weighted by Crippen LogP contribution is 2.44. The zero-order valence-electron chi connectivity index (χ0n) is 19.2. The molecule has 4 aliphatic rings. The molecule has 0 radical (unpaired) electrons. The van der Waals surface area contributed by atoms with Crippen molar-refractivity contribution in [3.05, 3.63) is 0 Å². The fourth-order valence-electron chi connectivity index (χ4n) is 6.27. The minimum atomic E-state index is 0.167. The number of piperidine rings is 2. The minimum absolute atomic E-state index is 0.167. The van der Waals surface area contributed by atoms with Crippen molar-refractivity contribution in [3.8, 4) is 0 Å². The Hall–Kier alpha value is -0.240. The Kier molecular flexibility index (Phi) is 6.08. The summed E-state index contributed by atoms with van der Waals surface area (Å²) in [6, 6.07) is 0.886. The number of likely N-dealkylation sites (tertiary alicyclic amines) is 2. The summed E-state index contributed by atoms with van der Waals surface area (Å²) in [6.07, 6.45) is 5.88. The summed E-state index contributed by atoms with van der Waals surface area (Å²) in [6.45, 7) is 16.2. The van der Waals surface area contributed by atoms with E-state index in [1.807, 2.05) is 0 Å². The lowest BCUT2D eigenvalue weighted by Crippen LogP contribution is -2.55. The molecule has 6 nitrogen and oxygen atoms in total. The Bertz CT molecular complexity index is 562. The normalized spacial score (nSPS) is 36.8. The molecule has 0 bridgehead atoms. The number of ether oxygens (including phenoxy) is 2. The van der Waals surface area contributed by atoms with Crippen molar-refractivity contribution in [2.45, 2.75) is 89.6 Å². The Balaban J connectivity index is 1.28. The monoisotopic (exact) mass is 408 g/mol. The van der Waals surface area contributed by atoms with Crippen LogP contribution in [0.5, 0.6) is 0 Å². The number of nitrogens with zero attached hydrogens (tertiary/aromatic N) is 2. The molecule has 6 heteroatoms. The Labute approximate surface area is 177 Å². The second-order valence-corrected chi connectivity index (χ2v) is 11.5. The van der Waals surface area contributed by atoms with E-state index in [9.17, 15) is 0 Å². The maximum atomic E-state index is 6.84. The molecular weight excluding hydrogens is 364 g/mol. The summed E-state index contributed by atoms with van der Waals surface area (Å²) in [5.74, 6) is 0. The summed E-state index contributed by atoms with van der Waals surface area (Å²) in [4.78, 5) is 5.22. The van der Waals surface area contributed by atoms with Crippen LogP contribution in [0.4, 0.5) is 0 Å². The van der Waals surface area contributed by atoms with Gasteiger partial charge in [-0.3, -0.25) is 4.90 Å². The van der Waals surface area contributed by atoms with E-state index in [-0.39, 0.29) is 34.6 Å². The minimum Gasteiger partial charge on any atom is -0.379 e. The van der Waals surface area contributed by atoms with E-state index in [1.54, 1.807) is 0 Å². The highest BCUT2D eigenvalue weighted by Gasteiger charge is 2.50. The van der Waals surface area contributed by atoms with E-state index in [2.05, 4.69) is 37.5 Å². The number of hydrogen-bond acceptors (Lipinski definition) is 6. The molecule has 4 rings (SSSR count). The summed E-state index contributed by atoms with van der Waals surface area (Å²) in [5, 5.41) is 0. The average Bonchev–Trinajstić information content (AvgIpc) is 3.17. The van der Waals surface area contributed by atoms with Crippen molar-refractivity contribution in [2.24, 2.45) is 22.3 Å². The molecule has 4 saturated heterocycles. The van der Waals surface area contributed by atoms with Gasteiger partial charge in [-0.15, -0.1) is 0 Å². The van der Waals surface area contributed by atoms with Crippen molar-refractivity contribution in [1.29, 1.82) is 0 Å². The maximum Gasteiger partial charge on any atom is 0.0747 e. The molecule has 0 aromatic rings. The molecule has 4 fully saturated rings. The van der Waals surface area contributed by atoms with Gasteiger partial charge in [-0.05, 0) is 86.0 Å². The van der Waals surface area contributed by atoms with Crippen LogP contribution in [0.2, 0.25) is 0 Å². The first-order valence-corrected chi connectivity index (χ1v) is 11.8. The lowest BCUT2D eigenvalue weighted by atomic mass is 9.72. The number of nitrogens with two attached hydrogens (primary N) is 2. The van der Waals surface area contributed by atoms with Crippen LogP contribution in [-0.4, -0.2) is 85.6 Å². The van der Waals surface area contributed by atoms with E-state index in [0.717, 1.165) is 65.3 Å². The van der Waals surface area contributed by atoms with Crippen LogP contribution >= 0.6 is 0 Å². The zero-order valence-corrected chi connectivity index (χ0v) is 19.2. The second kappa shape index (κ2) is 8.03. The predicted octanol–water partition coefficient (Wildman–Crippen LogP) is 1.81. The van der Waals surface area contributed by atoms with Gasteiger partial charge in [-0.1, -0.05) is 0 Å². The molecule has 0 aromatic carbocycles. The van der Waals surface area contributed by atoms with Gasteiger partial charge in [0.1, 0.15) is 0 Å². The maximum absolute atomic E-state index is 6.84. The van der Waals surface area contributed by atoms with Crippen LogP contribution in [0.3, 0.4) is 0 Å². The Morgan fingerprint density at radius 1 is 0.966 bits per heavy atom. The highest BCUT2D eigenvalue weighted by atomic mass is 16.5. The molecule has 4 heterocycles. The van der Waals surface area contributed by atoms with Gasteiger partial charge < -0.3 is 25.8 Å². The summed E-state index contributed by atoms with van der Waals surface area (Å²) < 4.78 is 12.0. The SMILES string of the molecule is CC(CC1OCC2(CCN(C(C)(C)C)CC2)[C@H]1N)N1CCC2(CC1)COC[C@H]2N. The average molecular weight is 409 g/mol. The van der Waals surface area contributed by atoms with Gasteiger partial charge in [0.2, 0.25) is 0 Å². The number of rotatable bonds is 3. The standard InChI is InChI=1S/C23H44N4O2/c1-17(26-9-5-22(6-10-26)15-28-14-19(22)24)13-18-20(25)23(16-29-18)7-11-27(12-8-23)21(2,3)4/h17-20H,5-16,24-25H2,1-4H3/t17?,18?,19-,20+/m1/s1. The lowest BCUT2D eigenvalue weighted by molar-refractivity contribution is 0.0209. The van der Waals surface area contributed by atoms with Crippen molar-refractivity contribution >= 4 is 0 Å². The molecule has 4 atom stereocenters. The molecule has 4 aliphatic heterocycles. The van der Waals surface area contributed by atoms with Crippen LogP contribution in [-0.2, 0) is 9.47 Å². The molecule has 29 heavy (non-hydrogen) atoms. The zero-order chi connectivity index (χ0) is 20.9. The van der Waals surface area contributed by atoms with Gasteiger partial charge in [0, 0.05) is 34.5 Å². The van der Waals surface area contributed by atoms with Crippen LogP contribution in [0.1, 0.15) is 59.8 Å². The first-order chi connectivity index (χ1) is 13.7. The topological polar surface area (TPSA) is 77.0 Å². The van der Waals surface area contributed by atoms with Gasteiger partial charge in [0.15, 0.2) is 0 Å². The first-order valence-electron chi connectivity index (χ1n) is 11.8. The third-order valence-corrected chi connectivity index (χ3v) is 8.86. The van der Waals surface area contributed by atoms with Crippen molar-refractivity contribution < 1.29 is 9.47 Å². The summed E-state index contributed by atoms with van der Waals surface area (Å²) in [7, 11) is 0. The van der Waals surface area contributed by atoms with Gasteiger partial charge in [-0.2, -0.15) is 0 Å². The molecule has 0 saturated carbocycles.